The predicted octanol–water partition coefficient (Wildman–Crippen LogP) is 13.4. The molecule has 0 saturated carbocycles. The van der Waals surface area contributed by atoms with Crippen LogP contribution in [0.15, 0.2) is 194 Å². The number of hydrogen-bond acceptors (Lipinski definition) is 6. The molecule has 0 aliphatic heterocycles. The van der Waals surface area contributed by atoms with E-state index in [2.05, 4.69) is 82.8 Å². The number of nitrogen functional groups attached to an aromatic ring is 1. The van der Waals surface area contributed by atoms with Gasteiger partial charge in [-0.3, -0.25) is 9.59 Å². The molecule has 0 aliphatic rings. The first-order valence-electron chi connectivity index (χ1n) is 20.7. The second-order valence-electron chi connectivity index (χ2n) is 15.0. The SMILES string of the molecule is CC(=O)Nc1cccc(Nc2cc(-c3ccccc3)ccc2C(=O)O)c1.CC(=O)Nc1cccc(Nc2cc(-c3ccccc3)ccc2C)c1.Cc1ccc(-c2ccccc2)cc1N. The van der Waals surface area contributed by atoms with Gasteiger partial charge in [0.1, 0.15) is 0 Å². The molecular formula is C55H51N5O4. The topological polar surface area (TPSA) is 146 Å². The summed E-state index contributed by atoms with van der Waals surface area (Å²) in [7, 11) is 0. The number of carbonyl (C=O) groups is 3. The number of aryl methyl sites for hydroxylation is 2. The highest BCUT2D eigenvalue weighted by molar-refractivity contribution is 5.97. The van der Waals surface area contributed by atoms with Gasteiger partial charge in [-0.05, 0) is 119 Å². The second kappa shape index (κ2) is 21.9. The molecule has 320 valence electrons. The van der Waals surface area contributed by atoms with E-state index in [0.717, 1.165) is 39.4 Å². The van der Waals surface area contributed by atoms with Crippen LogP contribution in [0.25, 0.3) is 33.4 Å². The molecule has 8 rings (SSSR count). The van der Waals surface area contributed by atoms with Crippen molar-refractivity contribution in [3.05, 3.63) is 211 Å². The van der Waals surface area contributed by atoms with Crippen molar-refractivity contribution in [3.8, 4) is 33.4 Å². The lowest BCUT2D eigenvalue weighted by atomic mass is 10.0. The molecule has 0 fully saturated rings. The maximum atomic E-state index is 11.6. The Morgan fingerprint density at radius 1 is 0.406 bits per heavy atom. The summed E-state index contributed by atoms with van der Waals surface area (Å²) in [6.45, 7) is 7.04. The fraction of sp³-hybridized carbons (Fsp3) is 0.0727. The maximum absolute atomic E-state index is 11.6. The molecule has 9 nitrogen and oxygen atoms in total. The van der Waals surface area contributed by atoms with E-state index in [-0.39, 0.29) is 17.4 Å². The monoisotopic (exact) mass is 845 g/mol. The maximum Gasteiger partial charge on any atom is 0.337 e. The number of nitrogens with one attached hydrogen (secondary N) is 4. The lowest BCUT2D eigenvalue weighted by Gasteiger charge is -2.13. The van der Waals surface area contributed by atoms with Crippen molar-refractivity contribution in [2.45, 2.75) is 27.7 Å². The smallest absolute Gasteiger partial charge is 0.337 e. The Hall–Kier alpha value is -8.43. The normalized spacial score (nSPS) is 10.2. The van der Waals surface area contributed by atoms with Gasteiger partial charge in [0.15, 0.2) is 0 Å². The van der Waals surface area contributed by atoms with E-state index in [1.165, 1.54) is 41.7 Å². The number of nitrogens with two attached hydrogens (primary N) is 1. The summed E-state index contributed by atoms with van der Waals surface area (Å²) in [6, 6.07) is 62.9. The molecule has 9 heteroatoms. The Morgan fingerprint density at radius 2 is 0.797 bits per heavy atom. The molecule has 0 radical (unpaired) electrons. The molecule has 0 atom stereocenters. The van der Waals surface area contributed by atoms with Gasteiger partial charge >= 0.3 is 5.97 Å². The van der Waals surface area contributed by atoms with E-state index >= 15 is 0 Å². The third-order valence-electron chi connectivity index (χ3n) is 10.0. The second-order valence-corrected chi connectivity index (χ2v) is 15.0. The number of anilines is 7. The van der Waals surface area contributed by atoms with Gasteiger partial charge in [-0.1, -0.05) is 133 Å². The highest BCUT2D eigenvalue weighted by atomic mass is 16.4. The molecule has 8 aromatic rings. The quantitative estimate of drug-likeness (QED) is 0.0752. The highest BCUT2D eigenvalue weighted by Crippen LogP contribution is 2.31. The van der Waals surface area contributed by atoms with Crippen molar-refractivity contribution >= 4 is 57.6 Å². The number of carboxylic acid groups (broad SMARTS) is 1. The zero-order valence-electron chi connectivity index (χ0n) is 36.2. The van der Waals surface area contributed by atoms with Crippen molar-refractivity contribution in [3.63, 3.8) is 0 Å². The van der Waals surface area contributed by atoms with E-state index in [1.54, 1.807) is 30.3 Å². The standard InChI is InChI=1S/C21H18N2O3.C21H20N2O.C13H13N/c1-14(24)22-17-8-5-9-18(13-17)23-20-12-16(10-11-19(20)21(25)26)15-6-3-2-4-7-15;1-15-11-12-18(17-7-4-3-5-8-17)13-21(15)23-20-10-6-9-19(14-20)22-16(2)24;1-10-7-8-12(9-13(10)14)11-5-3-2-4-6-11/h2-13,23H,1H3,(H,22,24)(H,25,26);3-14,23H,1-2H3,(H,22,24);2-9H,14H2,1H3. The van der Waals surface area contributed by atoms with Gasteiger partial charge in [0.2, 0.25) is 11.8 Å². The first-order valence-corrected chi connectivity index (χ1v) is 20.7. The number of rotatable bonds is 10. The highest BCUT2D eigenvalue weighted by Gasteiger charge is 2.13. The van der Waals surface area contributed by atoms with Crippen LogP contribution in [0.1, 0.15) is 35.3 Å². The van der Waals surface area contributed by atoms with E-state index < -0.39 is 5.97 Å². The molecule has 0 aromatic heterocycles. The van der Waals surface area contributed by atoms with Crippen molar-refractivity contribution in [1.29, 1.82) is 0 Å². The van der Waals surface area contributed by atoms with E-state index in [9.17, 15) is 19.5 Å². The lowest BCUT2D eigenvalue weighted by Crippen LogP contribution is -2.06. The molecule has 0 aliphatic carbocycles. The van der Waals surface area contributed by atoms with Crippen molar-refractivity contribution in [1.82, 2.24) is 0 Å². The minimum atomic E-state index is -1.01. The average Bonchev–Trinajstić information content (AvgIpc) is 3.29. The fourth-order valence-corrected chi connectivity index (χ4v) is 6.73. The summed E-state index contributed by atoms with van der Waals surface area (Å²) < 4.78 is 0. The first-order chi connectivity index (χ1) is 30.9. The van der Waals surface area contributed by atoms with Crippen LogP contribution in [-0.2, 0) is 9.59 Å². The van der Waals surface area contributed by atoms with Crippen molar-refractivity contribution in [2.75, 3.05) is 27.0 Å². The Kier molecular flexibility index (Phi) is 15.4. The molecule has 7 N–H and O–H groups in total. The van der Waals surface area contributed by atoms with Crippen molar-refractivity contribution < 1.29 is 19.5 Å². The third-order valence-corrected chi connectivity index (χ3v) is 10.0. The number of aromatic carboxylic acids is 1. The summed E-state index contributed by atoms with van der Waals surface area (Å²) in [5, 5.41) is 21.6. The molecule has 64 heavy (non-hydrogen) atoms. The third kappa shape index (κ3) is 13.0. The van der Waals surface area contributed by atoms with Crippen LogP contribution < -0.4 is 27.0 Å². The fourth-order valence-electron chi connectivity index (χ4n) is 6.73. The molecule has 0 unspecified atom stereocenters. The molecule has 0 saturated heterocycles. The number of carbonyl (C=O) groups excluding carboxylic acids is 2. The van der Waals surface area contributed by atoms with Crippen LogP contribution in [-0.4, -0.2) is 22.9 Å². The minimum absolute atomic E-state index is 0.0746. The lowest BCUT2D eigenvalue weighted by molar-refractivity contribution is -0.115. The number of carboxylic acids is 1. The Labute approximate surface area is 374 Å². The Balaban J connectivity index is 0.000000166. The summed E-state index contributed by atoms with van der Waals surface area (Å²) in [5.41, 5.74) is 20.4. The zero-order chi connectivity index (χ0) is 45.4. The molecule has 0 heterocycles. The first kappa shape index (κ1) is 45.1. The van der Waals surface area contributed by atoms with Gasteiger partial charge < -0.3 is 32.1 Å². The van der Waals surface area contributed by atoms with Crippen LogP contribution in [0.3, 0.4) is 0 Å². The zero-order valence-corrected chi connectivity index (χ0v) is 36.2. The van der Waals surface area contributed by atoms with Crippen LogP contribution in [0, 0.1) is 13.8 Å². The predicted molar refractivity (Wildman–Crippen MR) is 265 cm³/mol. The summed E-state index contributed by atoms with van der Waals surface area (Å²) in [4.78, 5) is 34.0. The summed E-state index contributed by atoms with van der Waals surface area (Å²) in [6.07, 6.45) is 0. The van der Waals surface area contributed by atoms with E-state index in [4.69, 9.17) is 5.73 Å². The van der Waals surface area contributed by atoms with E-state index in [0.29, 0.717) is 17.1 Å². The van der Waals surface area contributed by atoms with Crippen LogP contribution >= 0.6 is 0 Å². The Morgan fingerprint density at radius 3 is 1.23 bits per heavy atom. The van der Waals surface area contributed by atoms with Gasteiger partial charge in [0, 0.05) is 48.0 Å². The molecule has 0 spiro atoms. The van der Waals surface area contributed by atoms with E-state index in [1.807, 2.05) is 116 Å². The molecule has 8 aromatic carbocycles. The Bertz CT molecular complexity index is 2850. The van der Waals surface area contributed by atoms with Crippen molar-refractivity contribution in [2.24, 2.45) is 0 Å². The van der Waals surface area contributed by atoms with Crippen LogP contribution in [0.4, 0.5) is 39.8 Å². The minimum Gasteiger partial charge on any atom is -0.478 e. The van der Waals surface area contributed by atoms with Gasteiger partial charge in [0.25, 0.3) is 0 Å². The van der Waals surface area contributed by atoms with Gasteiger partial charge in [0.05, 0.1) is 11.3 Å². The molecular weight excluding hydrogens is 795 g/mol. The summed E-state index contributed by atoms with van der Waals surface area (Å²) >= 11 is 0. The largest absolute Gasteiger partial charge is 0.478 e. The molecule has 0 bridgehead atoms. The van der Waals surface area contributed by atoms with Crippen LogP contribution in [0.5, 0.6) is 0 Å². The van der Waals surface area contributed by atoms with Gasteiger partial charge in [-0.25, -0.2) is 4.79 Å². The van der Waals surface area contributed by atoms with Crippen LogP contribution in [0.2, 0.25) is 0 Å². The average molecular weight is 846 g/mol. The van der Waals surface area contributed by atoms with Gasteiger partial charge in [-0.15, -0.1) is 0 Å². The number of benzene rings is 8. The molecule has 2 amide bonds. The summed E-state index contributed by atoms with van der Waals surface area (Å²) in [5.74, 6) is -1.25. The van der Waals surface area contributed by atoms with Gasteiger partial charge in [-0.2, -0.15) is 0 Å². The number of hydrogen-bond donors (Lipinski definition) is 6. The number of amides is 2.